The van der Waals surface area contributed by atoms with Crippen molar-refractivity contribution >= 4 is 28.6 Å². The summed E-state index contributed by atoms with van der Waals surface area (Å²) in [6.07, 6.45) is 2.35. The molecule has 1 aliphatic rings. The van der Waals surface area contributed by atoms with Crippen molar-refractivity contribution in [2.75, 3.05) is 13.2 Å². The molecule has 5 heteroatoms. The van der Waals surface area contributed by atoms with E-state index in [0.717, 1.165) is 24.3 Å². The molecule has 0 aliphatic carbocycles. The highest BCUT2D eigenvalue weighted by molar-refractivity contribution is 7.12. The molecule has 0 aromatic carbocycles. The molecule has 0 bridgehead atoms. The summed E-state index contributed by atoms with van der Waals surface area (Å²) < 4.78 is 5.68. The van der Waals surface area contributed by atoms with Gasteiger partial charge in [-0.3, -0.25) is 4.79 Å². The molecule has 3 rings (SSSR count). The van der Waals surface area contributed by atoms with Crippen LogP contribution in [-0.2, 0) is 11.3 Å². The van der Waals surface area contributed by atoms with E-state index in [9.17, 15) is 4.79 Å². The second-order valence-electron chi connectivity index (χ2n) is 4.88. The Morgan fingerprint density at radius 3 is 2.80 bits per heavy atom. The van der Waals surface area contributed by atoms with Gasteiger partial charge < -0.3 is 9.64 Å². The summed E-state index contributed by atoms with van der Waals surface area (Å²) >= 11 is 3.19. The zero-order chi connectivity index (χ0) is 13.8. The topological polar surface area (TPSA) is 29.5 Å². The van der Waals surface area contributed by atoms with E-state index in [4.69, 9.17) is 4.74 Å². The highest BCUT2D eigenvalue weighted by atomic mass is 32.1. The van der Waals surface area contributed by atoms with Gasteiger partial charge in [0.15, 0.2) is 0 Å². The third kappa shape index (κ3) is 3.29. The quantitative estimate of drug-likeness (QED) is 0.844. The van der Waals surface area contributed by atoms with Gasteiger partial charge in [-0.15, -0.1) is 22.7 Å². The smallest absolute Gasteiger partial charge is 0.264 e. The maximum absolute atomic E-state index is 12.6. The fourth-order valence-corrected chi connectivity index (χ4v) is 3.81. The van der Waals surface area contributed by atoms with Crippen LogP contribution >= 0.6 is 22.7 Å². The Bertz CT molecular complexity index is 530. The number of nitrogens with zero attached hydrogens (tertiary/aromatic N) is 1. The lowest BCUT2D eigenvalue weighted by molar-refractivity contribution is 0.0513. The molecular weight excluding hydrogens is 290 g/mol. The molecule has 1 saturated heterocycles. The maximum atomic E-state index is 12.6. The lowest BCUT2D eigenvalue weighted by Crippen LogP contribution is -2.36. The largest absolute Gasteiger partial charge is 0.376 e. The van der Waals surface area contributed by atoms with Crippen molar-refractivity contribution in [2.24, 2.45) is 0 Å². The molecule has 1 aliphatic heterocycles. The van der Waals surface area contributed by atoms with Gasteiger partial charge >= 0.3 is 0 Å². The normalized spacial score (nSPS) is 18.3. The van der Waals surface area contributed by atoms with Gasteiger partial charge in [-0.2, -0.15) is 0 Å². The number of hydrogen-bond acceptors (Lipinski definition) is 4. The van der Waals surface area contributed by atoms with Crippen molar-refractivity contribution in [1.82, 2.24) is 4.90 Å². The third-order valence-corrected chi connectivity index (χ3v) is 5.11. The molecule has 106 valence electrons. The summed E-state index contributed by atoms with van der Waals surface area (Å²) in [5, 5.41) is 4.00. The van der Waals surface area contributed by atoms with Crippen LogP contribution in [0, 0.1) is 0 Å². The molecule has 0 spiro atoms. The van der Waals surface area contributed by atoms with E-state index in [-0.39, 0.29) is 12.0 Å². The Labute approximate surface area is 126 Å². The van der Waals surface area contributed by atoms with Crippen molar-refractivity contribution in [3.05, 3.63) is 44.8 Å². The van der Waals surface area contributed by atoms with Crippen molar-refractivity contribution in [1.29, 1.82) is 0 Å². The summed E-state index contributed by atoms with van der Waals surface area (Å²) in [5.41, 5.74) is 0. The average molecular weight is 307 g/mol. The summed E-state index contributed by atoms with van der Waals surface area (Å²) in [6, 6.07) is 7.92. The zero-order valence-corrected chi connectivity index (χ0v) is 12.8. The molecule has 0 saturated carbocycles. The first kappa shape index (κ1) is 13.8. The lowest BCUT2D eigenvalue weighted by atomic mass is 10.2. The maximum Gasteiger partial charge on any atom is 0.264 e. The van der Waals surface area contributed by atoms with E-state index < -0.39 is 0 Å². The molecule has 0 unspecified atom stereocenters. The van der Waals surface area contributed by atoms with Crippen LogP contribution in [0.25, 0.3) is 0 Å². The number of amides is 1. The predicted octanol–water partition coefficient (Wildman–Crippen LogP) is 3.63. The van der Waals surface area contributed by atoms with Gasteiger partial charge in [-0.1, -0.05) is 12.1 Å². The van der Waals surface area contributed by atoms with E-state index in [0.29, 0.717) is 13.1 Å². The predicted molar refractivity (Wildman–Crippen MR) is 82.4 cm³/mol. The van der Waals surface area contributed by atoms with Gasteiger partial charge in [-0.05, 0) is 35.7 Å². The molecule has 1 fully saturated rings. The molecule has 20 heavy (non-hydrogen) atoms. The van der Waals surface area contributed by atoms with Crippen molar-refractivity contribution < 1.29 is 9.53 Å². The van der Waals surface area contributed by atoms with E-state index in [1.165, 1.54) is 16.2 Å². The molecule has 2 aromatic heterocycles. The van der Waals surface area contributed by atoms with Gasteiger partial charge in [0.1, 0.15) is 0 Å². The fourth-order valence-electron chi connectivity index (χ4n) is 2.40. The van der Waals surface area contributed by atoms with Gasteiger partial charge in [0.25, 0.3) is 5.91 Å². The number of thiophene rings is 2. The average Bonchev–Trinajstić information content (AvgIpc) is 3.20. The van der Waals surface area contributed by atoms with Crippen LogP contribution in [0.5, 0.6) is 0 Å². The first-order chi connectivity index (χ1) is 9.83. The molecule has 1 amide bonds. The second kappa shape index (κ2) is 6.52. The molecule has 1 atom stereocenters. The van der Waals surface area contributed by atoms with Gasteiger partial charge in [-0.25, -0.2) is 0 Å². The van der Waals surface area contributed by atoms with Gasteiger partial charge in [0.2, 0.25) is 0 Å². The van der Waals surface area contributed by atoms with Crippen molar-refractivity contribution in [3.8, 4) is 0 Å². The van der Waals surface area contributed by atoms with Crippen LogP contribution in [0.4, 0.5) is 0 Å². The van der Waals surface area contributed by atoms with Crippen LogP contribution in [0.15, 0.2) is 35.0 Å². The van der Waals surface area contributed by atoms with Crippen molar-refractivity contribution in [2.45, 2.75) is 25.5 Å². The first-order valence-corrected chi connectivity index (χ1v) is 8.55. The summed E-state index contributed by atoms with van der Waals surface area (Å²) in [6.45, 7) is 2.19. The van der Waals surface area contributed by atoms with Crippen LogP contribution < -0.4 is 0 Å². The highest BCUT2D eigenvalue weighted by Gasteiger charge is 2.24. The number of hydrogen-bond donors (Lipinski definition) is 0. The summed E-state index contributed by atoms with van der Waals surface area (Å²) in [4.78, 5) is 16.6. The second-order valence-corrected chi connectivity index (χ2v) is 6.86. The van der Waals surface area contributed by atoms with Crippen LogP contribution in [0.1, 0.15) is 27.4 Å². The summed E-state index contributed by atoms with van der Waals surface area (Å²) in [5.74, 6) is 0.115. The van der Waals surface area contributed by atoms with Gasteiger partial charge in [0.05, 0.1) is 17.5 Å². The highest BCUT2D eigenvalue weighted by Crippen LogP contribution is 2.20. The minimum atomic E-state index is 0.115. The fraction of sp³-hybridized carbons (Fsp3) is 0.400. The lowest BCUT2D eigenvalue weighted by Gasteiger charge is -2.24. The minimum Gasteiger partial charge on any atom is -0.376 e. The standard InChI is InChI=1S/C15H17NO2S2/c17-15(14-6-3-9-20-14)16(10-12-4-1-7-18-12)11-13-5-2-8-19-13/h2-3,5-6,8-9,12H,1,4,7,10-11H2/t12-/m0/s1. The monoisotopic (exact) mass is 307 g/mol. The number of carbonyl (C=O) groups is 1. The molecular formula is C15H17NO2S2. The Morgan fingerprint density at radius 1 is 1.30 bits per heavy atom. The molecule has 0 N–H and O–H groups in total. The Balaban J connectivity index is 1.73. The van der Waals surface area contributed by atoms with Crippen LogP contribution in [0.3, 0.4) is 0 Å². The Morgan fingerprint density at radius 2 is 2.15 bits per heavy atom. The molecule has 3 nitrogen and oxygen atoms in total. The molecule has 2 aromatic rings. The SMILES string of the molecule is O=C(c1cccs1)N(Cc1cccs1)C[C@@H]1CCCO1. The van der Waals surface area contributed by atoms with E-state index in [2.05, 4.69) is 11.4 Å². The first-order valence-electron chi connectivity index (χ1n) is 6.79. The van der Waals surface area contributed by atoms with E-state index >= 15 is 0 Å². The Kier molecular flexibility index (Phi) is 4.50. The van der Waals surface area contributed by atoms with Gasteiger partial charge in [0, 0.05) is 18.0 Å². The summed E-state index contributed by atoms with van der Waals surface area (Å²) in [7, 11) is 0. The van der Waals surface area contributed by atoms with E-state index in [1.54, 1.807) is 11.3 Å². The third-order valence-electron chi connectivity index (χ3n) is 3.39. The zero-order valence-electron chi connectivity index (χ0n) is 11.2. The van der Waals surface area contributed by atoms with Crippen LogP contribution in [0.2, 0.25) is 0 Å². The van der Waals surface area contributed by atoms with Crippen molar-refractivity contribution in [3.63, 3.8) is 0 Å². The number of carbonyl (C=O) groups excluding carboxylic acids is 1. The number of rotatable bonds is 5. The Hall–Kier alpha value is -1.17. The molecule has 3 heterocycles. The van der Waals surface area contributed by atoms with E-state index in [1.807, 2.05) is 28.5 Å². The molecule has 0 radical (unpaired) electrons. The minimum absolute atomic E-state index is 0.115. The number of ether oxygens (including phenoxy) is 1. The van der Waals surface area contributed by atoms with Crippen LogP contribution in [-0.4, -0.2) is 30.1 Å².